The molecule has 0 saturated carbocycles. The smallest absolute Gasteiger partial charge is 0.316 e. The third-order valence-electron chi connectivity index (χ3n) is 3.94. The van der Waals surface area contributed by atoms with Crippen molar-refractivity contribution < 1.29 is 19.1 Å². The fraction of sp³-hybridized carbons (Fsp3) is 0.474. The fourth-order valence-corrected chi connectivity index (χ4v) is 2.49. The second kappa shape index (κ2) is 10.6. The highest BCUT2D eigenvalue weighted by molar-refractivity contribution is 8.00. The predicted octanol–water partition coefficient (Wildman–Crippen LogP) is 2.26. The van der Waals surface area contributed by atoms with E-state index in [0.29, 0.717) is 5.69 Å². The summed E-state index contributed by atoms with van der Waals surface area (Å²) in [7, 11) is 0. The number of thioether (sulfide) groups is 1. The van der Waals surface area contributed by atoms with Crippen molar-refractivity contribution in [3.63, 3.8) is 0 Å². The quantitative estimate of drug-likeness (QED) is 0.625. The Morgan fingerprint density at radius 2 is 1.81 bits per heavy atom. The van der Waals surface area contributed by atoms with E-state index < -0.39 is 24.0 Å². The van der Waals surface area contributed by atoms with Gasteiger partial charge in [0.15, 0.2) is 6.61 Å². The van der Waals surface area contributed by atoms with Crippen molar-refractivity contribution in [2.24, 2.45) is 5.92 Å². The van der Waals surface area contributed by atoms with E-state index in [1.54, 1.807) is 19.1 Å². The van der Waals surface area contributed by atoms with Crippen LogP contribution >= 0.6 is 11.8 Å². The maximum Gasteiger partial charge on any atom is 0.316 e. The molecule has 0 aliphatic heterocycles. The number of esters is 1. The summed E-state index contributed by atoms with van der Waals surface area (Å²) in [5, 5.41) is 14.4. The topological polar surface area (TPSA) is 108 Å². The number of carbonyl (C=O) groups is 3. The highest BCUT2D eigenvalue weighted by atomic mass is 32.2. The molecular weight excluding hydrogens is 366 g/mol. The van der Waals surface area contributed by atoms with Gasteiger partial charge in [-0.3, -0.25) is 14.4 Å². The zero-order valence-corrected chi connectivity index (χ0v) is 16.8. The highest BCUT2D eigenvalue weighted by Crippen LogP contribution is 2.15. The highest BCUT2D eigenvalue weighted by Gasteiger charge is 2.30. The molecule has 0 fully saturated rings. The summed E-state index contributed by atoms with van der Waals surface area (Å²) in [5.41, 5.74) is 0.764. The van der Waals surface area contributed by atoms with Crippen LogP contribution in [0.5, 0.6) is 0 Å². The van der Waals surface area contributed by atoms with E-state index in [-0.39, 0.29) is 23.3 Å². The molecule has 2 amide bonds. The molecule has 146 valence electrons. The van der Waals surface area contributed by atoms with Gasteiger partial charge in [0.25, 0.3) is 5.91 Å². The first-order valence-corrected chi connectivity index (χ1v) is 9.64. The largest absolute Gasteiger partial charge is 0.455 e. The first-order chi connectivity index (χ1) is 12.7. The molecule has 7 nitrogen and oxygen atoms in total. The lowest BCUT2D eigenvalue weighted by atomic mass is 9.90. The standard InChI is InChI=1S/C19H25N3O4S/c1-13(2)19(4,12-20)22-16(23)9-26-18(25)11-27-10-17(24)21-15-7-5-14(3)6-8-15/h5-8,13H,9-11H2,1-4H3,(H,21,24)(H,22,23)/t19-/m1/s1. The van der Waals surface area contributed by atoms with E-state index in [1.807, 2.05) is 39.0 Å². The van der Waals surface area contributed by atoms with Gasteiger partial charge < -0.3 is 15.4 Å². The van der Waals surface area contributed by atoms with Gasteiger partial charge in [0.05, 0.1) is 17.6 Å². The molecule has 0 aliphatic rings. The molecular formula is C19H25N3O4S. The normalized spacial score (nSPS) is 12.6. The molecule has 0 aliphatic carbocycles. The number of aryl methyl sites for hydroxylation is 1. The maximum absolute atomic E-state index is 11.8. The van der Waals surface area contributed by atoms with E-state index in [2.05, 4.69) is 10.6 Å². The van der Waals surface area contributed by atoms with Gasteiger partial charge in [-0.2, -0.15) is 5.26 Å². The summed E-state index contributed by atoms with van der Waals surface area (Å²) in [6.07, 6.45) is 0. The predicted molar refractivity (Wildman–Crippen MR) is 105 cm³/mol. The van der Waals surface area contributed by atoms with Crippen molar-refractivity contribution in [2.45, 2.75) is 33.2 Å². The molecule has 0 spiro atoms. The molecule has 27 heavy (non-hydrogen) atoms. The van der Waals surface area contributed by atoms with Crippen molar-refractivity contribution >= 4 is 35.2 Å². The van der Waals surface area contributed by atoms with E-state index in [9.17, 15) is 14.4 Å². The number of anilines is 1. The molecule has 1 atom stereocenters. The van der Waals surface area contributed by atoms with Gasteiger partial charge in [-0.15, -0.1) is 11.8 Å². The van der Waals surface area contributed by atoms with Crippen LogP contribution in [0.3, 0.4) is 0 Å². The number of carbonyl (C=O) groups excluding carboxylic acids is 3. The summed E-state index contributed by atoms with van der Waals surface area (Å²) in [6, 6.07) is 9.43. The Labute approximate surface area is 163 Å². The van der Waals surface area contributed by atoms with Crippen LogP contribution in [0.25, 0.3) is 0 Å². The van der Waals surface area contributed by atoms with Crippen LogP contribution in [0.4, 0.5) is 5.69 Å². The lowest BCUT2D eigenvalue weighted by Gasteiger charge is -2.27. The number of amides is 2. The van der Waals surface area contributed by atoms with Gasteiger partial charge in [-0.05, 0) is 31.9 Å². The SMILES string of the molecule is Cc1ccc(NC(=O)CSCC(=O)OCC(=O)N[C@](C)(C#N)C(C)C)cc1. The van der Waals surface area contributed by atoms with E-state index in [0.717, 1.165) is 17.3 Å². The summed E-state index contributed by atoms with van der Waals surface area (Å²) >= 11 is 1.10. The van der Waals surface area contributed by atoms with Crippen LogP contribution in [0.2, 0.25) is 0 Å². The van der Waals surface area contributed by atoms with Crippen LogP contribution in [0.15, 0.2) is 24.3 Å². The molecule has 1 aromatic rings. The first kappa shape index (κ1) is 22.5. The molecule has 0 aromatic heterocycles. The third-order valence-corrected chi connectivity index (χ3v) is 4.84. The summed E-state index contributed by atoms with van der Waals surface area (Å²) in [5.74, 6) is -1.41. The van der Waals surface area contributed by atoms with Crippen molar-refractivity contribution in [2.75, 3.05) is 23.4 Å². The number of hydrogen-bond donors (Lipinski definition) is 2. The minimum Gasteiger partial charge on any atom is -0.455 e. The Morgan fingerprint density at radius 1 is 1.19 bits per heavy atom. The molecule has 8 heteroatoms. The third kappa shape index (κ3) is 8.13. The second-order valence-electron chi connectivity index (χ2n) is 6.58. The number of nitrogens with zero attached hydrogens (tertiary/aromatic N) is 1. The Balaban J connectivity index is 2.27. The Kier molecular flexibility index (Phi) is 8.82. The Hall–Kier alpha value is -2.53. The van der Waals surface area contributed by atoms with Gasteiger partial charge >= 0.3 is 5.97 Å². The first-order valence-electron chi connectivity index (χ1n) is 8.48. The van der Waals surface area contributed by atoms with Gasteiger partial charge in [0.2, 0.25) is 5.91 Å². The molecule has 0 bridgehead atoms. The van der Waals surface area contributed by atoms with Crippen molar-refractivity contribution in [3.05, 3.63) is 29.8 Å². The lowest BCUT2D eigenvalue weighted by Crippen LogP contribution is -2.50. The minimum atomic E-state index is -1.02. The molecule has 0 saturated heterocycles. The fourth-order valence-electron chi connectivity index (χ4n) is 1.88. The van der Waals surface area contributed by atoms with Gasteiger partial charge in [0.1, 0.15) is 5.54 Å². The zero-order valence-electron chi connectivity index (χ0n) is 16.0. The van der Waals surface area contributed by atoms with Gasteiger partial charge in [0, 0.05) is 5.69 Å². The molecule has 1 aromatic carbocycles. The van der Waals surface area contributed by atoms with Crippen molar-refractivity contribution in [1.29, 1.82) is 5.26 Å². The van der Waals surface area contributed by atoms with E-state index in [4.69, 9.17) is 10.00 Å². The van der Waals surface area contributed by atoms with Gasteiger partial charge in [-0.25, -0.2) is 0 Å². The van der Waals surface area contributed by atoms with Crippen LogP contribution in [-0.4, -0.2) is 41.4 Å². The number of rotatable bonds is 9. The molecule has 2 N–H and O–H groups in total. The van der Waals surface area contributed by atoms with Crippen LogP contribution in [0, 0.1) is 24.2 Å². The number of hydrogen-bond acceptors (Lipinski definition) is 6. The molecule has 0 unspecified atom stereocenters. The lowest BCUT2D eigenvalue weighted by molar-refractivity contribution is -0.146. The number of benzene rings is 1. The summed E-state index contributed by atoms with van der Waals surface area (Å²) < 4.78 is 4.87. The van der Waals surface area contributed by atoms with E-state index >= 15 is 0 Å². The van der Waals surface area contributed by atoms with Gasteiger partial charge in [-0.1, -0.05) is 31.5 Å². The monoisotopic (exact) mass is 391 g/mol. The Morgan fingerprint density at radius 3 is 2.37 bits per heavy atom. The van der Waals surface area contributed by atoms with Crippen molar-refractivity contribution in [3.8, 4) is 6.07 Å². The average Bonchev–Trinajstić information content (AvgIpc) is 2.61. The maximum atomic E-state index is 11.8. The second-order valence-corrected chi connectivity index (χ2v) is 7.57. The van der Waals surface area contributed by atoms with Crippen LogP contribution < -0.4 is 10.6 Å². The van der Waals surface area contributed by atoms with E-state index in [1.165, 1.54) is 0 Å². The summed E-state index contributed by atoms with van der Waals surface area (Å²) in [6.45, 7) is 6.73. The molecule has 0 heterocycles. The van der Waals surface area contributed by atoms with Crippen molar-refractivity contribution in [1.82, 2.24) is 5.32 Å². The number of ether oxygens (including phenoxy) is 1. The van der Waals surface area contributed by atoms with Crippen LogP contribution in [-0.2, 0) is 19.1 Å². The zero-order chi connectivity index (χ0) is 20.4. The minimum absolute atomic E-state index is 0.0473. The number of nitriles is 1. The molecule has 1 rings (SSSR count). The Bertz CT molecular complexity index is 713. The van der Waals surface area contributed by atoms with Crippen LogP contribution in [0.1, 0.15) is 26.3 Å². The number of nitrogens with one attached hydrogen (secondary N) is 2. The average molecular weight is 391 g/mol. The summed E-state index contributed by atoms with van der Waals surface area (Å²) in [4.78, 5) is 35.3. The molecule has 0 radical (unpaired) electrons.